The first-order chi connectivity index (χ1) is 8.51. The van der Waals surface area contributed by atoms with E-state index >= 15 is 0 Å². The lowest BCUT2D eigenvalue weighted by atomic mass is 9.85. The number of aromatic amines is 1. The smallest absolute Gasteiger partial charge is 0.0457 e. The van der Waals surface area contributed by atoms with Crippen LogP contribution in [0.25, 0.3) is 10.9 Å². The van der Waals surface area contributed by atoms with Crippen molar-refractivity contribution >= 4 is 10.9 Å². The Bertz CT molecular complexity index is 505. The van der Waals surface area contributed by atoms with E-state index in [1.807, 2.05) is 0 Å². The molecule has 2 nitrogen and oxygen atoms in total. The highest BCUT2D eigenvalue weighted by Crippen LogP contribution is 2.32. The van der Waals surface area contributed by atoms with Crippen molar-refractivity contribution in [2.45, 2.75) is 40.2 Å². The Labute approximate surface area is 110 Å². The molecule has 2 heteroatoms. The average molecular weight is 244 g/mol. The van der Waals surface area contributed by atoms with E-state index in [1.54, 1.807) is 0 Å². The van der Waals surface area contributed by atoms with Crippen LogP contribution in [-0.4, -0.2) is 11.5 Å². The van der Waals surface area contributed by atoms with E-state index < -0.39 is 0 Å². The summed E-state index contributed by atoms with van der Waals surface area (Å²) in [6, 6.07) is 8.95. The van der Waals surface area contributed by atoms with Gasteiger partial charge in [-0.15, -0.1) is 0 Å². The predicted octanol–water partition coefficient (Wildman–Crippen LogP) is 4.25. The van der Waals surface area contributed by atoms with Crippen LogP contribution in [0.5, 0.6) is 0 Å². The second-order valence-corrected chi connectivity index (χ2v) is 6.16. The van der Waals surface area contributed by atoms with Crippen molar-refractivity contribution in [3.05, 3.63) is 36.0 Å². The Kier molecular flexibility index (Phi) is 3.76. The van der Waals surface area contributed by atoms with Gasteiger partial charge < -0.3 is 10.3 Å². The Morgan fingerprint density at radius 3 is 2.61 bits per heavy atom. The number of H-pyrrole nitrogens is 1. The number of rotatable bonds is 4. The zero-order chi connectivity index (χ0) is 13.2. The molecule has 0 fully saturated rings. The number of nitrogens with one attached hydrogen (secondary N) is 2. The highest BCUT2D eigenvalue weighted by atomic mass is 14.9. The minimum atomic E-state index is 0.325. The van der Waals surface area contributed by atoms with Gasteiger partial charge in [0.2, 0.25) is 0 Å². The molecular weight excluding hydrogens is 220 g/mol. The number of hydrogen-bond acceptors (Lipinski definition) is 1. The fourth-order valence-corrected chi connectivity index (χ4v) is 2.53. The fraction of sp³-hybridized carbons (Fsp3) is 0.500. The van der Waals surface area contributed by atoms with Gasteiger partial charge in [0, 0.05) is 23.1 Å². The zero-order valence-electron chi connectivity index (χ0n) is 11.9. The summed E-state index contributed by atoms with van der Waals surface area (Å²) in [4.78, 5) is 3.37. The van der Waals surface area contributed by atoms with Crippen LogP contribution >= 0.6 is 0 Å². The van der Waals surface area contributed by atoms with Crippen molar-refractivity contribution < 1.29 is 0 Å². The molecule has 0 aliphatic heterocycles. The maximum atomic E-state index is 3.61. The molecular formula is C16H24N2. The Balaban J connectivity index is 2.35. The summed E-state index contributed by atoms with van der Waals surface area (Å²) in [7, 11) is 0. The first kappa shape index (κ1) is 13.2. The summed E-state index contributed by atoms with van der Waals surface area (Å²) in [6.45, 7) is 10.1. The minimum Gasteiger partial charge on any atom is -0.361 e. The molecule has 0 bridgehead atoms. The highest BCUT2D eigenvalue weighted by molar-refractivity contribution is 5.83. The second-order valence-electron chi connectivity index (χ2n) is 6.16. The first-order valence-electron chi connectivity index (χ1n) is 6.80. The molecule has 0 aliphatic rings. The summed E-state index contributed by atoms with van der Waals surface area (Å²) in [5.74, 6) is 0. The van der Waals surface area contributed by atoms with E-state index in [2.05, 4.69) is 68.5 Å². The largest absolute Gasteiger partial charge is 0.361 e. The molecule has 1 aromatic carbocycles. The van der Waals surface area contributed by atoms with Gasteiger partial charge in [-0.05, 0) is 30.0 Å². The Morgan fingerprint density at radius 1 is 1.22 bits per heavy atom. The maximum Gasteiger partial charge on any atom is 0.0457 e. The third-order valence-electron chi connectivity index (χ3n) is 3.26. The fourth-order valence-electron chi connectivity index (χ4n) is 2.53. The van der Waals surface area contributed by atoms with Crippen LogP contribution in [-0.2, 0) is 0 Å². The highest BCUT2D eigenvalue weighted by Gasteiger charge is 2.21. The molecule has 2 aromatic rings. The molecule has 1 heterocycles. The van der Waals surface area contributed by atoms with Crippen LogP contribution in [0.1, 0.15) is 45.7 Å². The van der Waals surface area contributed by atoms with Gasteiger partial charge in [0.25, 0.3) is 0 Å². The van der Waals surface area contributed by atoms with Crippen LogP contribution in [0.3, 0.4) is 0 Å². The molecule has 2 N–H and O–H groups in total. The van der Waals surface area contributed by atoms with Gasteiger partial charge in [0.1, 0.15) is 0 Å². The zero-order valence-corrected chi connectivity index (χ0v) is 11.9. The Hall–Kier alpha value is -1.28. The summed E-state index contributed by atoms with van der Waals surface area (Å²) >= 11 is 0. The van der Waals surface area contributed by atoms with Gasteiger partial charge in [-0.3, -0.25) is 0 Å². The molecule has 18 heavy (non-hydrogen) atoms. The van der Waals surface area contributed by atoms with Crippen molar-refractivity contribution in [2.24, 2.45) is 5.41 Å². The topological polar surface area (TPSA) is 27.8 Å². The van der Waals surface area contributed by atoms with Crippen molar-refractivity contribution in [3.8, 4) is 0 Å². The quantitative estimate of drug-likeness (QED) is 0.826. The lowest BCUT2D eigenvalue weighted by molar-refractivity contribution is 0.315. The molecule has 0 spiro atoms. The van der Waals surface area contributed by atoms with Gasteiger partial charge >= 0.3 is 0 Å². The van der Waals surface area contributed by atoms with Crippen molar-refractivity contribution in [2.75, 3.05) is 6.54 Å². The molecule has 0 saturated heterocycles. The van der Waals surface area contributed by atoms with E-state index in [-0.39, 0.29) is 0 Å². The van der Waals surface area contributed by atoms with E-state index in [9.17, 15) is 0 Å². The first-order valence-corrected chi connectivity index (χ1v) is 6.80. The lowest BCUT2D eigenvalue weighted by Crippen LogP contribution is -2.25. The molecule has 1 aromatic heterocycles. The van der Waals surface area contributed by atoms with Gasteiger partial charge in [-0.2, -0.15) is 0 Å². The summed E-state index contributed by atoms with van der Waals surface area (Å²) in [5, 5.41) is 4.95. The van der Waals surface area contributed by atoms with Crippen molar-refractivity contribution in [1.29, 1.82) is 0 Å². The average Bonchev–Trinajstić information content (AvgIpc) is 2.70. The monoisotopic (exact) mass is 244 g/mol. The number of hydrogen-bond donors (Lipinski definition) is 2. The molecule has 1 atom stereocenters. The second kappa shape index (κ2) is 5.15. The molecule has 0 aliphatic carbocycles. The molecule has 0 amide bonds. The van der Waals surface area contributed by atoms with Gasteiger partial charge in [-0.1, -0.05) is 45.9 Å². The summed E-state index contributed by atoms with van der Waals surface area (Å²) < 4.78 is 0. The van der Waals surface area contributed by atoms with Gasteiger partial charge in [0.15, 0.2) is 0 Å². The third-order valence-corrected chi connectivity index (χ3v) is 3.26. The third kappa shape index (κ3) is 2.94. The van der Waals surface area contributed by atoms with Crippen LogP contribution in [0, 0.1) is 5.41 Å². The molecule has 0 radical (unpaired) electrons. The molecule has 1 unspecified atom stereocenters. The van der Waals surface area contributed by atoms with E-state index in [1.165, 1.54) is 16.5 Å². The van der Waals surface area contributed by atoms with Gasteiger partial charge in [-0.25, -0.2) is 0 Å². The maximum absolute atomic E-state index is 3.61. The van der Waals surface area contributed by atoms with Crippen LogP contribution in [0.2, 0.25) is 0 Å². The SMILES string of the molecule is CCNC(CC(C)(C)C)c1c[nH]c2ccccc12. The number of aromatic nitrogens is 1. The van der Waals surface area contributed by atoms with Gasteiger partial charge in [0.05, 0.1) is 0 Å². The minimum absolute atomic E-state index is 0.325. The van der Waals surface area contributed by atoms with E-state index in [4.69, 9.17) is 0 Å². The Morgan fingerprint density at radius 2 is 1.94 bits per heavy atom. The van der Waals surface area contributed by atoms with Crippen molar-refractivity contribution in [1.82, 2.24) is 10.3 Å². The number of fused-ring (bicyclic) bond motifs is 1. The number of para-hydroxylation sites is 1. The van der Waals surface area contributed by atoms with E-state index in [0.717, 1.165) is 13.0 Å². The normalized spacial score (nSPS) is 14.0. The van der Waals surface area contributed by atoms with Crippen LogP contribution in [0.15, 0.2) is 30.5 Å². The van der Waals surface area contributed by atoms with Crippen LogP contribution < -0.4 is 5.32 Å². The molecule has 98 valence electrons. The van der Waals surface area contributed by atoms with E-state index in [0.29, 0.717) is 11.5 Å². The summed E-state index contributed by atoms with van der Waals surface area (Å²) in [6.07, 6.45) is 3.30. The van der Waals surface area contributed by atoms with Crippen molar-refractivity contribution in [3.63, 3.8) is 0 Å². The standard InChI is InChI=1S/C16H24N2/c1-5-17-15(10-16(2,3)4)13-11-18-14-9-7-6-8-12(13)14/h6-9,11,15,17-18H,5,10H2,1-4H3. The lowest BCUT2D eigenvalue weighted by Gasteiger charge is -2.26. The molecule has 2 rings (SSSR count). The summed E-state index contributed by atoms with van der Waals surface area (Å²) in [5.41, 5.74) is 2.94. The predicted molar refractivity (Wildman–Crippen MR) is 78.8 cm³/mol. The number of benzene rings is 1. The van der Waals surface area contributed by atoms with Crippen LogP contribution in [0.4, 0.5) is 0 Å². The molecule has 0 saturated carbocycles.